The highest BCUT2D eigenvalue weighted by Crippen LogP contribution is 2.35. The molecule has 24 heavy (non-hydrogen) atoms. The molecule has 0 amide bonds. The van der Waals surface area contributed by atoms with Crippen molar-refractivity contribution in [3.8, 4) is 5.69 Å². The van der Waals surface area contributed by atoms with Crippen LogP contribution in [0.25, 0.3) is 27.5 Å². The van der Waals surface area contributed by atoms with Crippen molar-refractivity contribution < 1.29 is 4.39 Å². The van der Waals surface area contributed by atoms with Crippen LogP contribution in [0, 0.1) is 16.3 Å². The maximum atomic E-state index is 13.7. The molecule has 3 nitrogen and oxygen atoms in total. The van der Waals surface area contributed by atoms with E-state index in [4.69, 9.17) is 0 Å². The van der Waals surface area contributed by atoms with Gasteiger partial charge in [0.05, 0.1) is 17.2 Å². The van der Waals surface area contributed by atoms with E-state index in [0.29, 0.717) is 11.5 Å². The van der Waals surface area contributed by atoms with Crippen LogP contribution < -0.4 is 0 Å². The predicted octanol–water partition coefficient (Wildman–Crippen LogP) is 5.68. The number of halogens is 2. The Bertz CT molecular complexity index is 1080. The van der Waals surface area contributed by atoms with E-state index in [2.05, 4.69) is 63.3 Å². The van der Waals surface area contributed by atoms with Crippen molar-refractivity contribution in [2.24, 2.45) is 0 Å². The van der Waals surface area contributed by atoms with E-state index in [-0.39, 0.29) is 5.82 Å². The fourth-order valence-electron chi connectivity index (χ4n) is 3.21. The maximum Gasteiger partial charge on any atom is 0.126 e. The molecule has 2 aromatic carbocycles. The van der Waals surface area contributed by atoms with E-state index in [9.17, 15) is 4.39 Å². The summed E-state index contributed by atoms with van der Waals surface area (Å²) in [6, 6.07) is 9.69. The topological polar surface area (TPSA) is 33.6 Å². The van der Waals surface area contributed by atoms with Crippen molar-refractivity contribution in [1.82, 2.24) is 14.8 Å². The van der Waals surface area contributed by atoms with Crippen LogP contribution in [0.3, 0.4) is 0 Å². The quantitative estimate of drug-likeness (QED) is 0.406. The Balaban J connectivity index is 2.13. The largest absolute Gasteiger partial charge is 0.313 e. The molecular weight excluding hydrogens is 416 g/mol. The van der Waals surface area contributed by atoms with E-state index < -0.39 is 0 Å². The van der Waals surface area contributed by atoms with Crippen LogP contribution >= 0.6 is 22.6 Å². The van der Waals surface area contributed by atoms with Crippen LogP contribution in [0.4, 0.5) is 4.39 Å². The standard InChI is InChI=1S/C19H17FIN3/c1-10(2)16-8-14-17(7-12-9-22-23-19(12)18(14)21)24(16)13-4-5-15(20)11(3)6-13/h4-10H,1-3H3,(H,22,23). The van der Waals surface area contributed by atoms with E-state index in [1.165, 1.54) is 11.1 Å². The fourth-order valence-corrected chi connectivity index (χ4v) is 4.07. The number of aromatic nitrogens is 3. The third-order valence-corrected chi connectivity index (χ3v) is 5.60. The molecule has 122 valence electrons. The van der Waals surface area contributed by atoms with Crippen LogP contribution in [0.15, 0.2) is 36.5 Å². The lowest BCUT2D eigenvalue weighted by atomic mass is 10.1. The predicted molar refractivity (Wildman–Crippen MR) is 104 cm³/mol. The molecular formula is C19H17FIN3. The Kier molecular flexibility index (Phi) is 3.63. The number of fused-ring (bicyclic) bond motifs is 2. The second kappa shape index (κ2) is 5.58. The first-order valence-electron chi connectivity index (χ1n) is 7.91. The minimum absolute atomic E-state index is 0.173. The Hall–Kier alpha value is -1.89. The van der Waals surface area contributed by atoms with Crippen molar-refractivity contribution in [2.75, 3.05) is 0 Å². The average molecular weight is 433 g/mol. The van der Waals surface area contributed by atoms with Crippen molar-refractivity contribution in [3.63, 3.8) is 0 Å². The van der Waals surface area contributed by atoms with Gasteiger partial charge in [-0.05, 0) is 71.3 Å². The van der Waals surface area contributed by atoms with Crippen molar-refractivity contribution in [1.29, 1.82) is 0 Å². The molecule has 4 aromatic rings. The van der Waals surface area contributed by atoms with Gasteiger partial charge in [0.1, 0.15) is 5.82 Å². The highest BCUT2D eigenvalue weighted by atomic mass is 127. The minimum atomic E-state index is -0.173. The zero-order chi connectivity index (χ0) is 17.0. The number of nitrogens with one attached hydrogen (secondary N) is 1. The minimum Gasteiger partial charge on any atom is -0.313 e. The number of aromatic amines is 1. The van der Waals surface area contributed by atoms with E-state index in [0.717, 1.165) is 25.7 Å². The lowest BCUT2D eigenvalue weighted by molar-refractivity contribution is 0.618. The molecule has 5 heteroatoms. The van der Waals surface area contributed by atoms with Crippen LogP contribution in [0.2, 0.25) is 0 Å². The Morgan fingerprint density at radius 2 is 2.00 bits per heavy atom. The summed E-state index contributed by atoms with van der Waals surface area (Å²) in [7, 11) is 0. The number of H-pyrrole nitrogens is 1. The highest BCUT2D eigenvalue weighted by molar-refractivity contribution is 14.1. The van der Waals surface area contributed by atoms with Gasteiger partial charge < -0.3 is 4.57 Å². The number of hydrogen-bond acceptors (Lipinski definition) is 1. The maximum absolute atomic E-state index is 13.7. The SMILES string of the molecule is Cc1cc(-n2c(C(C)C)cc3c(I)c4[nH]ncc4cc32)ccc1F. The molecule has 0 aliphatic carbocycles. The van der Waals surface area contributed by atoms with Crippen LogP contribution in [-0.2, 0) is 0 Å². The Labute approximate surface area is 153 Å². The molecule has 0 atom stereocenters. The fraction of sp³-hybridized carbons (Fsp3) is 0.211. The first-order valence-corrected chi connectivity index (χ1v) is 8.98. The molecule has 2 aromatic heterocycles. The van der Waals surface area contributed by atoms with Gasteiger partial charge in [0.25, 0.3) is 0 Å². The van der Waals surface area contributed by atoms with E-state index >= 15 is 0 Å². The van der Waals surface area contributed by atoms with E-state index in [1.807, 2.05) is 18.3 Å². The van der Waals surface area contributed by atoms with Gasteiger partial charge in [-0.25, -0.2) is 4.39 Å². The molecule has 0 unspecified atom stereocenters. The van der Waals surface area contributed by atoms with Crippen LogP contribution in [-0.4, -0.2) is 14.8 Å². The summed E-state index contributed by atoms with van der Waals surface area (Å²) >= 11 is 2.37. The number of hydrogen-bond donors (Lipinski definition) is 1. The molecule has 0 aliphatic rings. The third-order valence-electron chi connectivity index (χ3n) is 4.48. The summed E-state index contributed by atoms with van der Waals surface area (Å²) in [4.78, 5) is 0. The number of benzene rings is 2. The molecule has 0 fully saturated rings. The van der Waals surface area contributed by atoms with Crippen LogP contribution in [0.5, 0.6) is 0 Å². The van der Waals surface area contributed by atoms with Crippen molar-refractivity contribution in [2.45, 2.75) is 26.7 Å². The Morgan fingerprint density at radius 3 is 2.71 bits per heavy atom. The lowest BCUT2D eigenvalue weighted by Gasteiger charge is -2.14. The summed E-state index contributed by atoms with van der Waals surface area (Å²) in [6.45, 7) is 6.17. The molecule has 4 rings (SSSR count). The summed E-state index contributed by atoms with van der Waals surface area (Å²) < 4.78 is 17.1. The van der Waals surface area contributed by atoms with Gasteiger partial charge in [-0.3, -0.25) is 5.10 Å². The van der Waals surface area contributed by atoms with Gasteiger partial charge in [0.2, 0.25) is 0 Å². The second-order valence-electron chi connectivity index (χ2n) is 6.45. The Morgan fingerprint density at radius 1 is 1.21 bits per heavy atom. The van der Waals surface area contributed by atoms with Gasteiger partial charge >= 0.3 is 0 Å². The normalized spacial score (nSPS) is 11.9. The smallest absolute Gasteiger partial charge is 0.126 e. The zero-order valence-corrected chi connectivity index (χ0v) is 15.8. The summed E-state index contributed by atoms with van der Waals surface area (Å²) in [5.41, 5.74) is 5.05. The van der Waals surface area contributed by atoms with E-state index in [1.54, 1.807) is 13.0 Å². The molecule has 0 spiro atoms. The number of aryl methyl sites for hydroxylation is 1. The molecule has 0 bridgehead atoms. The van der Waals surface area contributed by atoms with Gasteiger partial charge in [-0.1, -0.05) is 13.8 Å². The number of rotatable bonds is 2. The van der Waals surface area contributed by atoms with Gasteiger partial charge in [0.15, 0.2) is 0 Å². The summed E-state index contributed by atoms with van der Waals surface area (Å²) in [6.07, 6.45) is 1.85. The van der Waals surface area contributed by atoms with Gasteiger partial charge in [0, 0.05) is 25.7 Å². The summed E-state index contributed by atoms with van der Waals surface area (Å²) in [5.74, 6) is 0.183. The van der Waals surface area contributed by atoms with Gasteiger partial charge in [-0.2, -0.15) is 5.10 Å². The lowest BCUT2D eigenvalue weighted by Crippen LogP contribution is -2.02. The monoisotopic (exact) mass is 433 g/mol. The average Bonchev–Trinajstić information content (AvgIpc) is 3.15. The van der Waals surface area contributed by atoms with Crippen molar-refractivity contribution in [3.05, 3.63) is 57.2 Å². The van der Waals surface area contributed by atoms with Crippen molar-refractivity contribution >= 4 is 44.4 Å². The molecule has 0 saturated carbocycles. The molecule has 1 N–H and O–H groups in total. The number of nitrogens with zero attached hydrogens (tertiary/aromatic N) is 2. The highest BCUT2D eigenvalue weighted by Gasteiger charge is 2.18. The first-order chi connectivity index (χ1) is 11.5. The second-order valence-corrected chi connectivity index (χ2v) is 7.53. The molecule has 0 radical (unpaired) electrons. The third kappa shape index (κ3) is 2.25. The zero-order valence-electron chi connectivity index (χ0n) is 13.7. The molecule has 2 heterocycles. The first kappa shape index (κ1) is 15.6. The molecule has 0 aliphatic heterocycles. The van der Waals surface area contributed by atoms with Gasteiger partial charge in [-0.15, -0.1) is 0 Å². The molecule has 0 saturated heterocycles. The van der Waals surface area contributed by atoms with Crippen LogP contribution in [0.1, 0.15) is 31.0 Å². The summed E-state index contributed by atoms with van der Waals surface area (Å²) in [5, 5.41) is 9.52.